The molecule has 0 unspecified atom stereocenters. The molecule has 1 aliphatic heterocycles. The minimum absolute atomic E-state index is 0.113. The molecule has 22 heavy (non-hydrogen) atoms. The Bertz CT molecular complexity index is 860. The maximum absolute atomic E-state index is 12.7. The van der Waals surface area contributed by atoms with Gasteiger partial charge in [-0.1, -0.05) is 35.7 Å². The van der Waals surface area contributed by atoms with Crippen molar-refractivity contribution >= 4 is 39.2 Å². The summed E-state index contributed by atoms with van der Waals surface area (Å²) < 4.78 is 4.84. The molecule has 0 spiro atoms. The number of para-hydroxylation sites is 1. The molecule has 110 valence electrons. The van der Waals surface area contributed by atoms with Crippen LogP contribution in [0.5, 0.6) is 0 Å². The van der Waals surface area contributed by atoms with E-state index in [1.54, 1.807) is 4.90 Å². The van der Waals surface area contributed by atoms with Gasteiger partial charge in [-0.05, 0) is 35.3 Å². The number of hydrogen-bond acceptors (Lipinski definition) is 4. The Labute approximate surface area is 131 Å². The molecule has 0 aliphatic carbocycles. The number of carbonyl (C=O) groups excluding carboxylic acids is 1. The molecule has 0 saturated heterocycles. The number of fused-ring (bicyclic) bond motifs is 2. The monoisotopic (exact) mass is 310 g/mol. The van der Waals surface area contributed by atoms with E-state index in [0.29, 0.717) is 12.5 Å². The smallest absolute Gasteiger partial charge is 0.306 e. The molecule has 3 aromatic rings. The highest BCUT2D eigenvalue weighted by Crippen LogP contribution is 2.36. The number of anilines is 2. The largest absolute Gasteiger partial charge is 0.326 e. The molecule has 1 aromatic heterocycles. The van der Waals surface area contributed by atoms with Gasteiger partial charge in [-0.2, -0.15) is 0 Å². The van der Waals surface area contributed by atoms with E-state index in [-0.39, 0.29) is 6.03 Å². The molecule has 5 nitrogen and oxygen atoms in total. The highest BCUT2D eigenvalue weighted by Gasteiger charge is 2.29. The Morgan fingerprint density at radius 1 is 1.27 bits per heavy atom. The van der Waals surface area contributed by atoms with Gasteiger partial charge in [0.2, 0.25) is 0 Å². The topological polar surface area (TPSA) is 58.1 Å². The van der Waals surface area contributed by atoms with Crippen LogP contribution >= 0.6 is 11.5 Å². The third-order valence-electron chi connectivity index (χ3n) is 3.98. The van der Waals surface area contributed by atoms with Crippen LogP contribution in [-0.2, 0) is 0 Å². The van der Waals surface area contributed by atoms with Gasteiger partial charge in [0.15, 0.2) is 0 Å². The van der Waals surface area contributed by atoms with Gasteiger partial charge in [-0.25, -0.2) is 4.79 Å². The standard InChI is InChI=1S/C16H14N4OS/c1-10-9-20(14-8-3-2-5-11(10)14)16(21)17-12-6-4-7-13-15(12)22-19-18-13/h2-8,10H,9H2,1H3,(H,17,21)/t10-/m0/s1. The number of rotatable bonds is 1. The molecule has 0 saturated carbocycles. The molecule has 1 atom stereocenters. The molecule has 0 fully saturated rings. The number of urea groups is 1. The van der Waals surface area contributed by atoms with Crippen molar-refractivity contribution < 1.29 is 4.79 Å². The molecular weight excluding hydrogens is 296 g/mol. The van der Waals surface area contributed by atoms with E-state index in [4.69, 9.17) is 0 Å². The van der Waals surface area contributed by atoms with Gasteiger partial charge in [0.1, 0.15) is 5.52 Å². The summed E-state index contributed by atoms with van der Waals surface area (Å²) >= 11 is 1.29. The van der Waals surface area contributed by atoms with Gasteiger partial charge >= 0.3 is 6.03 Å². The first-order chi connectivity index (χ1) is 10.7. The lowest BCUT2D eigenvalue weighted by Gasteiger charge is -2.18. The molecule has 6 heteroatoms. The van der Waals surface area contributed by atoms with Crippen molar-refractivity contribution in [3.05, 3.63) is 48.0 Å². The fraction of sp³-hybridized carbons (Fsp3) is 0.188. The summed E-state index contributed by atoms with van der Waals surface area (Å²) in [5.41, 5.74) is 3.77. The predicted octanol–water partition coefficient (Wildman–Crippen LogP) is 3.85. The summed E-state index contributed by atoms with van der Waals surface area (Å²) in [7, 11) is 0. The third-order valence-corrected chi connectivity index (χ3v) is 4.75. The van der Waals surface area contributed by atoms with Crippen molar-refractivity contribution in [2.75, 3.05) is 16.8 Å². The lowest BCUT2D eigenvalue weighted by molar-refractivity contribution is 0.257. The predicted molar refractivity (Wildman–Crippen MR) is 88.6 cm³/mol. The summed E-state index contributed by atoms with van der Waals surface area (Å²) in [4.78, 5) is 14.5. The van der Waals surface area contributed by atoms with Gasteiger partial charge in [0.05, 0.1) is 10.4 Å². The highest BCUT2D eigenvalue weighted by atomic mass is 32.1. The number of nitrogens with zero attached hydrogens (tertiary/aromatic N) is 3. The van der Waals surface area contributed by atoms with Gasteiger partial charge < -0.3 is 5.32 Å². The molecule has 0 bridgehead atoms. The maximum Gasteiger partial charge on any atom is 0.326 e. The van der Waals surface area contributed by atoms with Gasteiger partial charge in [0, 0.05) is 18.2 Å². The van der Waals surface area contributed by atoms with Gasteiger partial charge in [-0.3, -0.25) is 4.90 Å². The Hall–Kier alpha value is -2.47. The van der Waals surface area contributed by atoms with Crippen LogP contribution < -0.4 is 10.2 Å². The van der Waals surface area contributed by atoms with Crippen molar-refractivity contribution in [2.24, 2.45) is 0 Å². The van der Waals surface area contributed by atoms with Crippen molar-refractivity contribution in [1.82, 2.24) is 9.59 Å². The molecule has 1 aliphatic rings. The van der Waals surface area contributed by atoms with Crippen LogP contribution in [0.2, 0.25) is 0 Å². The van der Waals surface area contributed by atoms with Crippen LogP contribution in [0.25, 0.3) is 10.2 Å². The van der Waals surface area contributed by atoms with Crippen molar-refractivity contribution in [3.8, 4) is 0 Å². The lowest BCUT2D eigenvalue weighted by atomic mass is 10.0. The zero-order valence-corrected chi connectivity index (χ0v) is 12.8. The Balaban J connectivity index is 1.65. The van der Waals surface area contributed by atoms with Crippen molar-refractivity contribution in [2.45, 2.75) is 12.8 Å². The average Bonchev–Trinajstić information content (AvgIpc) is 3.13. The van der Waals surface area contributed by atoms with Crippen molar-refractivity contribution in [3.63, 3.8) is 0 Å². The second-order valence-corrected chi connectivity index (χ2v) is 6.18. The van der Waals surface area contributed by atoms with Crippen LogP contribution in [0, 0.1) is 0 Å². The summed E-state index contributed by atoms with van der Waals surface area (Å²) in [6.07, 6.45) is 0. The van der Waals surface area contributed by atoms with Crippen molar-refractivity contribution in [1.29, 1.82) is 0 Å². The Morgan fingerprint density at radius 3 is 3.05 bits per heavy atom. The van der Waals surface area contributed by atoms with Crippen LogP contribution in [0.4, 0.5) is 16.2 Å². The molecule has 2 aromatic carbocycles. The molecular formula is C16H14N4OS. The second kappa shape index (κ2) is 5.06. The number of aromatic nitrogens is 2. The van der Waals surface area contributed by atoms with Crippen LogP contribution in [0.3, 0.4) is 0 Å². The first kappa shape index (κ1) is 13.2. The van der Waals surface area contributed by atoms with Crippen LogP contribution in [-0.4, -0.2) is 22.2 Å². The quantitative estimate of drug-likeness (QED) is 0.743. The van der Waals surface area contributed by atoms with E-state index in [2.05, 4.69) is 27.9 Å². The Morgan fingerprint density at radius 2 is 2.14 bits per heavy atom. The fourth-order valence-corrected chi connectivity index (χ4v) is 3.53. The van der Waals surface area contributed by atoms with E-state index in [0.717, 1.165) is 21.6 Å². The number of benzene rings is 2. The summed E-state index contributed by atoms with van der Waals surface area (Å²) in [5.74, 6) is 0.350. The highest BCUT2D eigenvalue weighted by molar-refractivity contribution is 7.13. The van der Waals surface area contributed by atoms with Gasteiger partial charge in [0.25, 0.3) is 0 Å². The van der Waals surface area contributed by atoms with E-state index in [9.17, 15) is 4.79 Å². The van der Waals surface area contributed by atoms with E-state index >= 15 is 0 Å². The second-order valence-electron chi connectivity index (χ2n) is 5.43. The molecule has 2 amide bonds. The zero-order chi connectivity index (χ0) is 15.1. The molecule has 1 N–H and O–H groups in total. The fourth-order valence-electron chi connectivity index (χ4n) is 2.90. The molecule has 2 heterocycles. The first-order valence-electron chi connectivity index (χ1n) is 7.12. The number of nitrogens with one attached hydrogen (secondary N) is 1. The lowest BCUT2D eigenvalue weighted by Crippen LogP contribution is -2.33. The van der Waals surface area contributed by atoms with E-state index in [1.807, 2.05) is 36.4 Å². The summed E-state index contributed by atoms with van der Waals surface area (Å²) in [6, 6.07) is 13.6. The molecule has 4 rings (SSSR count). The normalized spacial score (nSPS) is 16.8. The molecule has 0 radical (unpaired) electrons. The summed E-state index contributed by atoms with van der Waals surface area (Å²) in [6.45, 7) is 2.84. The Kier molecular flexibility index (Phi) is 3.04. The van der Waals surface area contributed by atoms with Crippen LogP contribution in [0.1, 0.15) is 18.4 Å². The van der Waals surface area contributed by atoms with E-state index in [1.165, 1.54) is 17.1 Å². The number of carbonyl (C=O) groups is 1. The average molecular weight is 310 g/mol. The summed E-state index contributed by atoms with van der Waals surface area (Å²) in [5, 5.41) is 7.03. The van der Waals surface area contributed by atoms with E-state index < -0.39 is 0 Å². The number of amides is 2. The maximum atomic E-state index is 12.7. The van der Waals surface area contributed by atoms with Gasteiger partial charge in [-0.15, -0.1) is 5.10 Å². The number of hydrogen-bond donors (Lipinski definition) is 1. The minimum Gasteiger partial charge on any atom is -0.306 e. The zero-order valence-electron chi connectivity index (χ0n) is 12.0. The minimum atomic E-state index is -0.113. The van der Waals surface area contributed by atoms with Crippen LogP contribution in [0.15, 0.2) is 42.5 Å². The first-order valence-corrected chi connectivity index (χ1v) is 7.90. The SMILES string of the molecule is C[C@H]1CN(C(=O)Nc2cccc3nnsc23)c2ccccc21. The third kappa shape index (κ3) is 2.03.